The van der Waals surface area contributed by atoms with E-state index in [2.05, 4.69) is 235 Å². The molecule has 0 saturated carbocycles. The Morgan fingerprint density at radius 1 is 0.422 bits per heavy atom. The van der Waals surface area contributed by atoms with Crippen molar-refractivity contribution in [2.45, 2.75) is 0 Å². The Hall–Kier alpha value is -7.49. The van der Waals surface area contributed by atoms with E-state index in [0.29, 0.717) is 0 Å². The summed E-state index contributed by atoms with van der Waals surface area (Å²) in [5.74, 6) is 0.986. The number of thiophene rings is 1. The van der Waals surface area contributed by atoms with Gasteiger partial charge in [-0.15, -0.1) is 11.3 Å². The Bertz CT molecular complexity index is 3370. The predicted octanol–water partition coefficient (Wildman–Crippen LogP) is 9.05. The van der Waals surface area contributed by atoms with E-state index in [1.54, 1.807) is 0 Å². The van der Waals surface area contributed by atoms with Gasteiger partial charge in [-0.25, -0.2) is 4.98 Å². The van der Waals surface area contributed by atoms with Crippen molar-refractivity contribution in [1.82, 2.24) is 9.97 Å². The fourth-order valence-electron chi connectivity index (χ4n) is 10.5. The molecule has 0 fully saturated rings. The second kappa shape index (κ2) is 15.7. The highest BCUT2D eigenvalue weighted by molar-refractivity contribution is 7.27. The van der Waals surface area contributed by atoms with Crippen molar-refractivity contribution in [3.05, 3.63) is 249 Å². The first-order chi connectivity index (χ1) is 31.8. The second-order valence-electron chi connectivity index (χ2n) is 16.5. The SMILES string of the molecule is c1ccc([Si](c2ccccc2)(c2cccc(-c3ccccn3)c2)c2cccc(N3c4ncccc4[Si](c4ccccc4)(c4ccccc4)c4ccc5c(sc6ccccc65)c43)c2)cc1. The summed E-state index contributed by atoms with van der Waals surface area (Å²) in [6, 6.07) is 87.9. The maximum Gasteiger partial charge on any atom is 0.186 e. The molecule has 0 unspecified atom stereocenters. The van der Waals surface area contributed by atoms with Crippen LogP contribution in [-0.4, -0.2) is 26.1 Å². The van der Waals surface area contributed by atoms with Gasteiger partial charge in [0.2, 0.25) is 0 Å². The summed E-state index contributed by atoms with van der Waals surface area (Å²) in [7, 11) is -5.98. The van der Waals surface area contributed by atoms with Crippen molar-refractivity contribution < 1.29 is 0 Å². The van der Waals surface area contributed by atoms with Crippen LogP contribution >= 0.6 is 11.3 Å². The van der Waals surface area contributed by atoms with Gasteiger partial charge in [-0.3, -0.25) is 9.88 Å². The zero-order chi connectivity index (χ0) is 42.5. The van der Waals surface area contributed by atoms with Crippen molar-refractivity contribution in [2.75, 3.05) is 4.90 Å². The van der Waals surface area contributed by atoms with Crippen LogP contribution < -0.4 is 46.4 Å². The van der Waals surface area contributed by atoms with E-state index in [4.69, 9.17) is 9.97 Å². The minimum absolute atomic E-state index is 0.964. The van der Waals surface area contributed by atoms with Gasteiger partial charge in [-0.1, -0.05) is 200 Å². The summed E-state index contributed by atoms with van der Waals surface area (Å²) in [5, 5.41) is 13.1. The molecule has 1 aliphatic heterocycles. The van der Waals surface area contributed by atoms with Gasteiger partial charge in [-0.2, -0.15) is 0 Å². The summed E-state index contributed by atoms with van der Waals surface area (Å²) >= 11 is 1.90. The van der Waals surface area contributed by atoms with Crippen LogP contribution in [0, 0.1) is 0 Å². The molecule has 12 rings (SSSR count). The maximum absolute atomic E-state index is 5.46. The maximum atomic E-state index is 5.46. The van der Waals surface area contributed by atoms with Crippen molar-refractivity contribution >= 4 is 106 Å². The van der Waals surface area contributed by atoms with Crippen LogP contribution in [-0.2, 0) is 0 Å². The average Bonchev–Trinajstić information content (AvgIpc) is 3.77. The zero-order valence-electron chi connectivity index (χ0n) is 34.9. The van der Waals surface area contributed by atoms with Crippen LogP contribution in [0.15, 0.2) is 249 Å². The van der Waals surface area contributed by atoms with Crippen molar-refractivity contribution in [2.24, 2.45) is 0 Å². The zero-order valence-corrected chi connectivity index (χ0v) is 37.7. The lowest BCUT2D eigenvalue weighted by atomic mass is 10.1. The Morgan fingerprint density at radius 3 is 1.70 bits per heavy atom. The van der Waals surface area contributed by atoms with Crippen LogP contribution in [0.4, 0.5) is 17.2 Å². The van der Waals surface area contributed by atoms with E-state index in [9.17, 15) is 0 Å². The number of rotatable bonds is 8. The first-order valence-electron chi connectivity index (χ1n) is 21.8. The normalized spacial score (nSPS) is 13.1. The summed E-state index contributed by atoms with van der Waals surface area (Å²) in [6.45, 7) is 0. The summed E-state index contributed by atoms with van der Waals surface area (Å²) in [6.07, 6.45) is 3.87. The fraction of sp³-hybridized carbons (Fsp3) is 0. The van der Waals surface area contributed by atoms with Crippen molar-refractivity contribution in [1.29, 1.82) is 0 Å². The number of fused-ring (bicyclic) bond motifs is 6. The number of benzene rings is 8. The average molecular weight is 868 g/mol. The lowest BCUT2D eigenvalue weighted by molar-refractivity contribution is 1.20. The van der Waals surface area contributed by atoms with Gasteiger partial charge in [0, 0.05) is 39.1 Å². The number of nitrogens with zero attached hydrogens (tertiary/aromatic N) is 3. The van der Waals surface area contributed by atoms with E-state index < -0.39 is 16.1 Å². The van der Waals surface area contributed by atoms with E-state index in [1.807, 2.05) is 29.8 Å². The van der Waals surface area contributed by atoms with E-state index in [-0.39, 0.29) is 0 Å². The largest absolute Gasteiger partial charge is 0.294 e. The van der Waals surface area contributed by atoms with Gasteiger partial charge in [0.1, 0.15) is 5.82 Å². The summed E-state index contributed by atoms with van der Waals surface area (Å²) in [4.78, 5) is 12.8. The third-order valence-electron chi connectivity index (χ3n) is 13.2. The predicted molar refractivity (Wildman–Crippen MR) is 276 cm³/mol. The molecule has 0 radical (unpaired) electrons. The van der Waals surface area contributed by atoms with Gasteiger partial charge in [0.25, 0.3) is 0 Å². The molecular weight excluding hydrogens is 827 g/mol. The highest BCUT2D eigenvalue weighted by Gasteiger charge is 2.51. The molecule has 4 heterocycles. The minimum Gasteiger partial charge on any atom is -0.294 e. The van der Waals surface area contributed by atoms with Crippen LogP contribution in [0.5, 0.6) is 0 Å². The van der Waals surface area contributed by atoms with Gasteiger partial charge in [-0.05, 0) is 77.9 Å². The molecule has 6 heteroatoms. The molecule has 0 amide bonds. The summed E-state index contributed by atoms with van der Waals surface area (Å²) < 4.78 is 2.56. The molecule has 302 valence electrons. The molecule has 64 heavy (non-hydrogen) atoms. The van der Waals surface area contributed by atoms with E-state index in [0.717, 1.165) is 22.8 Å². The molecule has 11 aromatic rings. The number of aromatic nitrogens is 2. The van der Waals surface area contributed by atoms with Gasteiger partial charge >= 0.3 is 0 Å². The third kappa shape index (κ3) is 5.84. The Balaban J connectivity index is 1.19. The Morgan fingerprint density at radius 2 is 1.02 bits per heavy atom. The molecule has 1 aliphatic rings. The lowest BCUT2D eigenvalue weighted by Gasteiger charge is -2.44. The quantitative estimate of drug-likeness (QED) is 0.113. The van der Waals surface area contributed by atoms with E-state index >= 15 is 0 Å². The van der Waals surface area contributed by atoms with Crippen LogP contribution in [0.3, 0.4) is 0 Å². The highest BCUT2D eigenvalue weighted by Crippen LogP contribution is 2.46. The third-order valence-corrected chi connectivity index (χ3v) is 23.9. The molecule has 3 aromatic heterocycles. The molecule has 0 atom stereocenters. The molecule has 0 bridgehead atoms. The van der Waals surface area contributed by atoms with Gasteiger partial charge in [0.05, 0.1) is 16.1 Å². The summed E-state index contributed by atoms with van der Waals surface area (Å²) in [5.41, 5.74) is 4.39. The Kier molecular flexibility index (Phi) is 9.37. The van der Waals surface area contributed by atoms with E-state index in [1.165, 1.54) is 67.4 Å². The molecule has 0 aliphatic carbocycles. The molecular formula is C58H41N3SSi2. The highest BCUT2D eigenvalue weighted by atomic mass is 32.1. The number of anilines is 3. The van der Waals surface area contributed by atoms with Crippen LogP contribution in [0.25, 0.3) is 31.4 Å². The minimum atomic E-state index is -3.02. The first kappa shape index (κ1) is 38.2. The van der Waals surface area contributed by atoms with Crippen molar-refractivity contribution in [3.8, 4) is 11.3 Å². The lowest BCUT2D eigenvalue weighted by Crippen LogP contribution is -2.77. The standard InChI is InChI=1S/C58H41N3SSi2/c1-5-22-44(23-6-1)63(45-24-7-2-8-25-45,48-30-17-20-42(40-48)52-33-15-16-38-59-52)49-31-18-21-43(41-49)61-56-54(37-36-51-50-32-13-14-34-53(50)62-57(51)56)64(46-26-9-3-10-27-46,47-28-11-4-12-29-47)55-35-19-39-60-58(55)61/h1-41H. The monoisotopic (exact) mass is 867 g/mol. The molecule has 0 saturated heterocycles. The fourth-order valence-corrected chi connectivity index (χ4v) is 21.7. The Labute approximate surface area is 379 Å². The molecule has 0 spiro atoms. The number of hydrogen-bond acceptors (Lipinski definition) is 4. The number of pyridine rings is 2. The molecule has 8 aromatic carbocycles. The van der Waals surface area contributed by atoms with Crippen LogP contribution in [0.1, 0.15) is 0 Å². The number of hydrogen-bond donors (Lipinski definition) is 0. The van der Waals surface area contributed by atoms with Crippen LogP contribution in [0.2, 0.25) is 0 Å². The topological polar surface area (TPSA) is 29.0 Å². The van der Waals surface area contributed by atoms with Crippen molar-refractivity contribution in [3.63, 3.8) is 0 Å². The second-order valence-corrected chi connectivity index (χ2v) is 25.1. The van der Waals surface area contributed by atoms with Gasteiger partial charge < -0.3 is 0 Å². The molecule has 0 N–H and O–H groups in total. The smallest absolute Gasteiger partial charge is 0.186 e. The van der Waals surface area contributed by atoms with Gasteiger partial charge in [0.15, 0.2) is 16.1 Å². The first-order valence-corrected chi connectivity index (χ1v) is 26.6. The molecule has 3 nitrogen and oxygen atoms in total.